The number of anilines is 2. The molecule has 0 unspecified atom stereocenters. The molecule has 0 radical (unpaired) electrons. The number of nitrogens with one attached hydrogen (secondary N) is 1. The summed E-state index contributed by atoms with van der Waals surface area (Å²) >= 11 is 0. The van der Waals surface area contributed by atoms with Crippen LogP contribution < -0.4 is 16.0 Å². The number of hydrogen-bond acceptors (Lipinski definition) is 6. The van der Waals surface area contributed by atoms with E-state index in [1.165, 1.54) is 12.3 Å². The van der Waals surface area contributed by atoms with Gasteiger partial charge in [-0.3, -0.25) is 4.79 Å². The first-order chi connectivity index (χ1) is 15.5. The molecule has 2 aliphatic heterocycles. The summed E-state index contributed by atoms with van der Waals surface area (Å²) in [6.45, 7) is 2.49. The van der Waals surface area contributed by atoms with Gasteiger partial charge < -0.3 is 20.7 Å². The number of benzene rings is 2. The van der Waals surface area contributed by atoms with E-state index in [-0.39, 0.29) is 28.7 Å². The minimum Gasteiger partial charge on any atom is -0.382 e. The van der Waals surface area contributed by atoms with Gasteiger partial charge in [-0.2, -0.15) is 0 Å². The minimum absolute atomic E-state index is 0.00518. The topological polar surface area (TPSA) is 93.4 Å². The molecule has 32 heavy (non-hydrogen) atoms. The predicted molar refractivity (Wildman–Crippen MR) is 116 cm³/mol. The monoisotopic (exact) mass is 437 g/mol. The average Bonchev–Trinajstić information content (AvgIpc) is 2.82. The Balaban J connectivity index is 1.53. The van der Waals surface area contributed by atoms with Crippen molar-refractivity contribution in [3.8, 4) is 22.5 Å². The molecule has 1 amide bonds. The Kier molecular flexibility index (Phi) is 5.18. The fraction of sp³-hybridized carbons (Fsp3) is 0.261. The number of rotatable bonds is 3. The maximum atomic E-state index is 15.0. The molecule has 1 saturated heterocycles. The largest absolute Gasteiger partial charge is 0.382 e. The zero-order valence-corrected chi connectivity index (χ0v) is 17.2. The van der Waals surface area contributed by atoms with E-state index in [1.54, 1.807) is 23.1 Å². The Bertz CT molecular complexity index is 1210. The Hall–Kier alpha value is -3.59. The second-order valence-electron chi connectivity index (χ2n) is 7.73. The number of nitrogen functional groups attached to an aromatic ring is 1. The molecule has 3 aromatic rings. The van der Waals surface area contributed by atoms with Gasteiger partial charge in [-0.1, -0.05) is 6.07 Å². The highest BCUT2D eigenvalue weighted by atomic mass is 19.2. The molecule has 2 aromatic carbocycles. The quantitative estimate of drug-likeness (QED) is 0.655. The van der Waals surface area contributed by atoms with Gasteiger partial charge in [0.25, 0.3) is 5.91 Å². The van der Waals surface area contributed by atoms with Gasteiger partial charge in [0, 0.05) is 36.3 Å². The number of halogens is 2. The van der Waals surface area contributed by atoms with Gasteiger partial charge in [-0.15, -0.1) is 0 Å². The van der Waals surface area contributed by atoms with E-state index < -0.39 is 11.6 Å². The Morgan fingerprint density at radius 3 is 2.66 bits per heavy atom. The van der Waals surface area contributed by atoms with Crippen molar-refractivity contribution in [3.63, 3.8) is 0 Å². The van der Waals surface area contributed by atoms with Gasteiger partial charge in [-0.05, 0) is 36.2 Å². The first-order valence-corrected chi connectivity index (χ1v) is 10.4. The lowest BCUT2D eigenvalue weighted by atomic mass is 9.96. The number of amides is 1. The second kappa shape index (κ2) is 8.16. The summed E-state index contributed by atoms with van der Waals surface area (Å²) < 4.78 is 35.2. The Labute approximate surface area is 183 Å². The summed E-state index contributed by atoms with van der Waals surface area (Å²) in [6.07, 6.45) is 2.02. The standard InChI is InChI=1S/C23H21F2N5O2/c24-19-16(3-4-18(20(19)25)30-7-9-32-10-8-30)17-12-28-22(26)21(29-17)14-1-2-15-13(11-14)5-6-27-23(15)31/h1-4,11-12H,5-10H2,(H2,26,28)(H,27,31). The van der Waals surface area contributed by atoms with E-state index in [0.717, 1.165) is 5.56 Å². The van der Waals surface area contributed by atoms with Crippen molar-refractivity contribution in [3.05, 3.63) is 59.3 Å². The summed E-state index contributed by atoms with van der Waals surface area (Å²) in [5.74, 6) is -1.87. The summed E-state index contributed by atoms with van der Waals surface area (Å²) in [7, 11) is 0. The van der Waals surface area contributed by atoms with Crippen LogP contribution in [0.1, 0.15) is 15.9 Å². The van der Waals surface area contributed by atoms with Crippen molar-refractivity contribution in [2.24, 2.45) is 0 Å². The third-order valence-electron chi connectivity index (χ3n) is 5.79. The van der Waals surface area contributed by atoms with E-state index in [4.69, 9.17) is 10.5 Å². The van der Waals surface area contributed by atoms with Gasteiger partial charge in [0.1, 0.15) is 11.5 Å². The highest BCUT2D eigenvalue weighted by Crippen LogP contribution is 2.33. The normalized spacial score (nSPS) is 15.9. The van der Waals surface area contributed by atoms with Gasteiger partial charge in [0.2, 0.25) is 0 Å². The van der Waals surface area contributed by atoms with Gasteiger partial charge in [0.15, 0.2) is 11.6 Å². The number of hydrogen-bond donors (Lipinski definition) is 2. The second-order valence-corrected chi connectivity index (χ2v) is 7.73. The van der Waals surface area contributed by atoms with Crippen LogP contribution >= 0.6 is 0 Å². The molecule has 1 fully saturated rings. The van der Waals surface area contributed by atoms with Crippen LogP contribution in [0.3, 0.4) is 0 Å². The number of fused-ring (bicyclic) bond motifs is 1. The summed E-state index contributed by atoms with van der Waals surface area (Å²) in [5.41, 5.74) is 8.94. The van der Waals surface area contributed by atoms with E-state index >= 15 is 4.39 Å². The molecule has 0 spiro atoms. The SMILES string of the molecule is Nc1ncc(-c2ccc(N3CCOCC3)c(F)c2F)nc1-c1ccc2c(c1)CCNC2=O. The molecule has 7 nitrogen and oxygen atoms in total. The van der Waals surface area contributed by atoms with Gasteiger partial charge in [0.05, 0.1) is 30.8 Å². The number of nitrogens with two attached hydrogens (primary N) is 1. The molecule has 2 aliphatic rings. The number of aromatic nitrogens is 2. The molecule has 3 heterocycles. The fourth-order valence-electron chi connectivity index (χ4n) is 4.10. The van der Waals surface area contributed by atoms with Crippen molar-refractivity contribution >= 4 is 17.4 Å². The van der Waals surface area contributed by atoms with E-state index in [1.807, 2.05) is 6.07 Å². The van der Waals surface area contributed by atoms with Crippen molar-refractivity contribution in [1.82, 2.24) is 15.3 Å². The van der Waals surface area contributed by atoms with Gasteiger partial charge in [-0.25, -0.2) is 18.7 Å². The zero-order valence-electron chi connectivity index (χ0n) is 17.2. The molecule has 9 heteroatoms. The molecule has 0 bridgehead atoms. The third-order valence-corrected chi connectivity index (χ3v) is 5.79. The first kappa shape index (κ1) is 20.3. The molecule has 5 rings (SSSR count). The first-order valence-electron chi connectivity index (χ1n) is 10.4. The predicted octanol–water partition coefficient (Wildman–Crippen LogP) is 2.79. The highest BCUT2D eigenvalue weighted by Gasteiger charge is 2.23. The van der Waals surface area contributed by atoms with Crippen LogP contribution in [0.2, 0.25) is 0 Å². The minimum atomic E-state index is -0.985. The van der Waals surface area contributed by atoms with E-state index in [0.29, 0.717) is 56.1 Å². The van der Waals surface area contributed by atoms with Crippen LogP contribution in [0.15, 0.2) is 36.5 Å². The van der Waals surface area contributed by atoms with Crippen LogP contribution in [0.25, 0.3) is 22.5 Å². The van der Waals surface area contributed by atoms with Crippen molar-refractivity contribution in [2.75, 3.05) is 43.5 Å². The molecule has 3 N–H and O–H groups in total. The molecule has 164 valence electrons. The Morgan fingerprint density at radius 2 is 1.84 bits per heavy atom. The lowest BCUT2D eigenvalue weighted by Crippen LogP contribution is -2.36. The maximum Gasteiger partial charge on any atom is 0.251 e. The molecular weight excluding hydrogens is 416 g/mol. The third kappa shape index (κ3) is 3.54. The lowest BCUT2D eigenvalue weighted by Gasteiger charge is -2.29. The smallest absolute Gasteiger partial charge is 0.251 e. The molecule has 0 atom stereocenters. The van der Waals surface area contributed by atoms with Crippen molar-refractivity contribution in [2.45, 2.75) is 6.42 Å². The zero-order chi connectivity index (χ0) is 22.2. The molecule has 1 aromatic heterocycles. The molecular formula is C23H21F2N5O2. The number of carbonyl (C=O) groups excluding carboxylic acids is 1. The maximum absolute atomic E-state index is 15.0. The van der Waals surface area contributed by atoms with E-state index in [9.17, 15) is 9.18 Å². The number of morpholine rings is 1. The average molecular weight is 437 g/mol. The highest BCUT2D eigenvalue weighted by molar-refractivity contribution is 5.97. The van der Waals surface area contributed by atoms with Crippen LogP contribution in [0.5, 0.6) is 0 Å². The van der Waals surface area contributed by atoms with Crippen LogP contribution in [0.4, 0.5) is 20.3 Å². The summed E-state index contributed by atoms with van der Waals surface area (Å²) in [6, 6.07) is 8.34. The van der Waals surface area contributed by atoms with Crippen LogP contribution in [-0.4, -0.2) is 48.7 Å². The van der Waals surface area contributed by atoms with Crippen molar-refractivity contribution < 1.29 is 18.3 Å². The Morgan fingerprint density at radius 1 is 1.06 bits per heavy atom. The summed E-state index contributed by atoms with van der Waals surface area (Å²) in [5, 5.41) is 2.80. The van der Waals surface area contributed by atoms with Crippen LogP contribution in [0, 0.1) is 11.6 Å². The number of nitrogens with zero attached hydrogens (tertiary/aromatic N) is 3. The number of ether oxygens (including phenoxy) is 1. The lowest BCUT2D eigenvalue weighted by molar-refractivity contribution is 0.0946. The molecule has 0 aliphatic carbocycles. The van der Waals surface area contributed by atoms with E-state index in [2.05, 4.69) is 15.3 Å². The number of carbonyl (C=O) groups is 1. The summed E-state index contributed by atoms with van der Waals surface area (Å²) in [4.78, 5) is 22.4. The van der Waals surface area contributed by atoms with Gasteiger partial charge >= 0.3 is 0 Å². The van der Waals surface area contributed by atoms with Crippen molar-refractivity contribution in [1.29, 1.82) is 0 Å². The molecule has 0 saturated carbocycles. The fourth-order valence-corrected chi connectivity index (χ4v) is 4.10. The van der Waals surface area contributed by atoms with Crippen LogP contribution in [-0.2, 0) is 11.2 Å².